The summed E-state index contributed by atoms with van der Waals surface area (Å²) in [5.41, 5.74) is 0.921. The SMILES string of the molecule is CC(C)OCCNc1nc(C2CC2)nc2[nH]ccc12. The first-order chi connectivity index (χ1) is 9.24. The number of H-pyrrole nitrogens is 1. The molecule has 0 atom stereocenters. The number of rotatable bonds is 6. The largest absolute Gasteiger partial charge is 0.377 e. The van der Waals surface area contributed by atoms with Gasteiger partial charge in [-0.15, -0.1) is 0 Å². The molecule has 2 heterocycles. The maximum atomic E-state index is 5.53. The maximum absolute atomic E-state index is 5.53. The molecule has 0 bridgehead atoms. The highest BCUT2D eigenvalue weighted by molar-refractivity contribution is 5.87. The molecule has 0 radical (unpaired) electrons. The van der Waals surface area contributed by atoms with E-state index in [1.54, 1.807) is 0 Å². The van der Waals surface area contributed by atoms with Gasteiger partial charge in [0.05, 0.1) is 18.1 Å². The molecule has 1 saturated carbocycles. The zero-order valence-electron chi connectivity index (χ0n) is 11.4. The van der Waals surface area contributed by atoms with Crippen LogP contribution in [0.3, 0.4) is 0 Å². The molecular weight excluding hydrogens is 240 g/mol. The van der Waals surface area contributed by atoms with Gasteiger partial charge in [0.25, 0.3) is 0 Å². The van der Waals surface area contributed by atoms with Gasteiger partial charge >= 0.3 is 0 Å². The molecular formula is C14H20N4O. The van der Waals surface area contributed by atoms with Crippen LogP contribution in [0, 0.1) is 0 Å². The monoisotopic (exact) mass is 260 g/mol. The molecule has 0 amide bonds. The molecule has 0 aromatic carbocycles. The van der Waals surface area contributed by atoms with Gasteiger partial charge in [-0.3, -0.25) is 0 Å². The van der Waals surface area contributed by atoms with E-state index in [1.165, 1.54) is 12.8 Å². The Morgan fingerprint density at radius 3 is 3.00 bits per heavy atom. The molecule has 5 heteroatoms. The van der Waals surface area contributed by atoms with Crippen molar-refractivity contribution in [3.63, 3.8) is 0 Å². The lowest BCUT2D eigenvalue weighted by molar-refractivity contribution is 0.0870. The van der Waals surface area contributed by atoms with Crippen LogP contribution >= 0.6 is 0 Å². The van der Waals surface area contributed by atoms with Crippen LogP contribution < -0.4 is 5.32 Å². The summed E-state index contributed by atoms with van der Waals surface area (Å²) in [6, 6.07) is 2.01. The third-order valence-corrected chi connectivity index (χ3v) is 3.22. The predicted octanol–water partition coefficient (Wildman–Crippen LogP) is 2.67. The van der Waals surface area contributed by atoms with E-state index in [1.807, 2.05) is 26.1 Å². The number of ether oxygens (including phenoxy) is 1. The lowest BCUT2D eigenvalue weighted by Crippen LogP contribution is -2.14. The van der Waals surface area contributed by atoms with Crippen molar-refractivity contribution >= 4 is 16.9 Å². The molecule has 1 fully saturated rings. The molecule has 19 heavy (non-hydrogen) atoms. The number of hydrogen-bond donors (Lipinski definition) is 2. The third kappa shape index (κ3) is 2.87. The summed E-state index contributed by atoms with van der Waals surface area (Å²) in [7, 11) is 0. The lowest BCUT2D eigenvalue weighted by atomic mass is 10.3. The first-order valence-electron chi connectivity index (χ1n) is 6.94. The summed E-state index contributed by atoms with van der Waals surface area (Å²) >= 11 is 0. The van der Waals surface area contributed by atoms with Crippen molar-refractivity contribution in [2.24, 2.45) is 0 Å². The summed E-state index contributed by atoms with van der Waals surface area (Å²) < 4.78 is 5.53. The van der Waals surface area contributed by atoms with E-state index >= 15 is 0 Å². The highest BCUT2D eigenvalue weighted by Gasteiger charge is 2.27. The fraction of sp³-hybridized carbons (Fsp3) is 0.571. The smallest absolute Gasteiger partial charge is 0.143 e. The van der Waals surface area contributed by atoms with Gasteiger partial charge in [-0.2, -0.15) is 0 Å². The number of aromatic amines is 1. The first-order valence-corrected chi connectivity index (χ1v) is 6.94. The average Bonchev–Trinajstić information content (AvgIpc) is 3.12. The van der Waals surface area contributed by atoms with Crippen LogP contribution in [-0.4, -0.2) is 34.2 Å². The van der Waals surface area contributed by atoms with E-state index in [2.05, 4.69) is 20.3 Å². The Balaban J connectivity index is 1.74. The van der Waals surface area contributed by atoms with E-state index < -0.39 is 0 Å². The molecule has 1 aliphatic carbocycles. The average molecular weight is 260 g/mol. The third-order valence-electron chi connectivity index (χ3n) is 3.22. The lowest BCUT2D eigenvalue weighted by Gasteiger charge is -2.10. The maximum Gasteiger partial charge on any atom is 0.143 e. The Bertz CT molecular complexity index is 560. The highest BCUT2D eigenvalue weighted by atomic mass is 16.5. The van der Waals surface area contributed by atoms with Crippen molar-refractivity contribution in [3.8, 4) is 0 Å². The molecule has 0 spiro atoms. The van der Waals surface area contributed by atoms with Crippen molar-refractivity contribution in [1.29, 1.82) is 0 Å². The minimum atomic E-state index is 0.265. The van der Waals surface area contributed by atoms with Crippen molar-refractivity contribution in [2.75, 3.05) is 18.5 Å². The van der Waals surface area contributed by atoms with Crippen LogP contribution in [0.25, 0.3) is 11.0 Å². The zero-order chi connectivity index (χ0) is 13.2. The standard InChI is InChI=1S/C14H20N4O/c1-9(2)19-8-7-16-14-11-5-6-15-13(11)17-12(18-14)10-3-4-10/h5-6,9-10H,3-4,7-8H2,1-2H3,(H2,15,16,17,18). The summed E-state index contributed by atoms with van der Waals surface area (Å²) in [6.45, 7) is 5.53. The normalized spacial score (nSPS) is 15.3. The Hall–Kier alpha value is -1.62. The summed E-state index contributed by atoms with van der Waals surface area (Å²) in [5, 5.41) is 4.41. The molecule has 2 aromatic heterocycles. The number of fused-ring (bicyclic) bond motifs is 1. The first kappa shape index (κ1) is 12.4. The zero-order valence-corrected chi connectivity index (χ0v) is 11.4. The van der Waals surface area contributed by atoms with Gasteiger partial charge in [0, 0.05) is 18.7 Å². The number of hydrogen-bond acceptors (Lipinski definition) is 4. The predicted molar refractivity (Wildman–Crippen MR) is 75.4 cm³/mol. The summed E-state index contributed by atoms with van der Waals surface area (Å²) in [4.78, 5) is 12.4. The van der Waals surface area contributed by atoms with Gasteiger partial charge in [-0.05, 0) is 32.8 Å². The molecule has 2 aromatic rings. The fourth-order valence-corrected chi connectivity index (χ4v) is 2.08. The number of aromatic nitrogens is 3. The van der Waals surface area contributed by atoms with Gasteiger partial charge in [0.15, 0.2) is 0 Å². The van der Waals surface area contributed by atoms with Crippen LogP contribution in [0.2, 0.25) is 0 Å². The second kappa shape index (κ2) is 5.17. The van der Waals surface area contributed by atoms with Gasteiger partial charge in [-0.1, -0.05) is 0 Å². The molecule has 2 N–H and O–H groups in total. The molecule has 1 aliphatic rings. The summed E-state index contributed by atoms with van der Waals surface area (Å²) in [6.07, 6.45) is 4.59. The molecule has 3 rings (SSSR count). The molecule has 0 unspecified atom stereocenters. The van der Waals surface area contributed by atoms with Crippen LogP contribution in [-0.2, 0) is 4.74 Å². The van der Waals surface area contributed by atoms with E-state index in [0.29, 0.717) is 12.5 Å². The minimum Gasteiger partial charge on any atom is -0.377 e. The molecule has 5 nitrogen and oxygen atoms in total. The van der Waals surface area contributed by atoms with Crippen molar-refractivity contribution in [2.45, 2.75) is 38.7 Å². The van der Waals surface area contributed by atoms with Crippen LogP contribution in [0.5, 0.6) is 0 Å². The minimum absolute atomic E-state index is 0.265. The van der Waals surface area contributed by atoms with E-state index in [9.17, 15) is 0 Å². The van der Waals surface area contributed by atoms with Gasteiger partial charge < -0.3 is 15.0 Å². The molecule has 0 aliphatic heterocycles. The summed E-state index contributed by atoms with van der Waals surface area (Å²) in [5.74, 6) is 2.43. The van der Waals surface area contributed by atoms with E-state index in [4.69, 9.17) is 4.74 Å². The topological polar surface area (TPSA) is 62.8 Å². The Kier molecular flexibility index (Phi) is 3.38. The van der Waals surface area contributed by atoms with Gasteiger partial charge in [-0.25, -0.2) is 9.97 Å². The van der Waals surface area contributed by atoms with Gasteiger partial charge in [0.1, 0.15) is 17.3 Å². The van der Waals surface area contributed by atoms with E-state index in [0.717, 1.165) is 29.2 Å². The second-order valence-corrected chi connectivity index (χ2v) is 5.29. The Morgan fingerprint density at radius 1 is 1.42 bits per heavy atom. The quantitative estimate of drug-likeness (QED) is 0.784. The molecule has 0 saturated heterocycles. The number of anilines is 1. The van der Waals surface area contributed by atoms with Crippen molar-refractivity contribution < 1.29 is 4.74 Å². The van der Waals surface area contributed by atoms with Gasteiger partial charge in [0.2, 0.25) is 0 Å². The Labute approximate surface area is 112 Å². The van der Waals surface area contributed by atoms with Crippen LogP contribution in [0.1, 0.15) is 38.4 Å². The highest BCUT2D eigenvalue weighted by Crippen LogP contribution is 2.39. The Morgan fingerprint density at radius 2 is 2.26 bits per heavy atom. The number of nitrogens with one attached hydrogen (secondary N) is 2. The van der Waals surface area contributed by atoms with E-state index in [-0.39, 0.29) is 6.10 Å². The fourth-order valence-electron chi connectivity index (χ4n) is 2.08. The molecule has 102 valence electrons. The van der Waals surface area contributed by atoms with Crippen molar-refractivity contribution in [1.82, 2.24) is 15.0 Å². The van der Waals surface area contributed by atoms with Crippen LogP contribution in [0.15, 0.2) is 12.3 Å². The number of nitrogens with zero attached hydrogens (tertiary/aromatic N) is 2. The van der Waals surface area contributed by atoms with Crippen molar-refractivity contribution in [3.05, 3.63) is 18.1 Å². The van der Waals surface area contributed by atoms with Crippen LogP contribution in [0.4, 0.5) is 5.82 Å². The second-order valence-electron chi connectivity index (χ2n) is 5.29.